The number of carboxylic acids is 1. The number of amides is 2. The molecule has 0 spiro atoms. The fourth-order valence-electron chi connectivity index (χ4n) is 2.75. The van der Waals surface area contributed by atoms with Crippen molar-refractivity contribution in [3.63, 3.8) is 0 Å². The maximum Gasteiger partial charge on any atom is 0.490 e. The zero-order valence-electron chi connectivity index (χ0n) is 21.2. The monoisotopic (exact) mass is 585 g/mol. The summed E-state index contributed by atoms with van der Waals surface area (Å²) in [5, 5.41) is 12.0. The molecule has 40 heavy (non-hydrogen) atoms. The molecule has 0 heterocycles. The lowest BCUT2D eigenvalue weighted by Gasteiger charge is -2.17. The normalized spacial score (nSPS) is 11.2. The van der Waals surface area contributed by atoms with Crippen LogP contribution in [0, 0.1) is 0 Å². The van der Waals surface area contributed by atoms with Crippen molar-refractivity contribution < 1.29 is 42.2 Å². The number of aliphatic imine (C=N–C) groups is 1. The van der Waals surface area contributed by atoms with Gasteiger partial charge in [-0.05, 0) is 24.0 Å². The number of thioether (sulfide) groups is 1. The van der Waals surface area contributed by atoms with Crippen LogP contribution in [0.25, 0.3) is 0 Å². The first-order chi connectivity index (χ1) is 18.9. The van der Waals surface area contributed by atoms with E-state index >= 15 is 0 Å². The maximum atomic E-state index is 12.7. The lowest BCUT2D eigenvalue weighted by molar-refractivity contribution is -0.192. The van der Waals surface area contributed by atoms with E-state index in [9.17, 15) is 27.6 Å². The van der Waals surface area contributed by atoms with Crippen LogP contribution in [0.1, 0.15) is 24.0 Å². The largest absolute Gasteiger partial charge is 0.490 e. The van der Waals surface area contributed by atoms with Crippen LogP contribution in [0.15, 0.2) is 65.7 Å². The Bertz CT molecular complexity index is 1120. The van der Waals surface area contributed by atoms with Gasteiger partial charge in [-0.2, -0.15) is 13.2 Å². The van der Waals surface area contributed by atoms with E-state index in [-0.39, 0.29) is 24.2 Å². The zero-order valence-corrected chi connectivity index (χ0v) is 22.0. The van der Waals surface area contributed by atoms with Crippen molar-refractivity contribution in [3.05, 3.63) is 71.8 Å². The summed E-state index contributed by atoms with van der Waals surface area (Å²) in [6, 6.07) is 18.0. The molecule has 0 radical (unpaired) electrons. The molecule has 2 aromatic carbocycles. The molecular weight excluding hydrogens is 555 g/mol. The van der Waals surface area contributed by atoms with Crippen molar-refractivity contribution >= 4 is 40.8 Å². The first-order valence-corrected chi connectivity index (χ1v) is 12.7. The number of nitrogens with one attached hydrogen (secondary N) is 2. The number of hydrogen-bond donors (Lipinski definition) is 5. The molecule has 7 N–H and O–H groups in total. The molecule has 15 heteroatoms. The molecule has 2 rings (SSSR count). The van der Waals surface area contributed by atoms with E-state index in [1.165, 1.54) is 0 Å². The van der Waals surface area contributed by atoms with E-state index in [1.807, 2.05) is 60.7 Å². The summed E-state index contributed by atoms with van der Waals surface area (Å²) in [6.07, 6.45) is -4.93. The third-order valence-corrected chi connectivity index (χ3v) is 5.68. The Morgan fingerprint density at radius 2 is 1.52 bits per heavy atom. The van der Waals surface area contributed by atoms with E-state index in [1.54, 1.807) is 0 Å². The molecule has 0 aliphatic carbocycles. The minimum absolute atomic E-state index is 0.0291. The minimum Gasteiger partial charge on any atom is -0.475 e. The van der Waals surface area contributed by atoms with E-state index < -0.39 is 30.2 Å². The summed E-state index contributed by atoms with van der Waals surface area (Å²) in [5.74, 6) is -2.79. The van der Waals surface area contributed by atoms with Crippen molar-refractivity contribution in [2.45, 2.75) is 37.4 Å². The van der Waals surface area contributed by atoms with E-state index in [2.05, 4.69) is 15.6 Å². The highest BCUT2D eigenvalue weighted by Gasteiger charge is 2.38. The van der Waals surface area contributed by atoms with Crippen LogP contribution in [-0.4, -0.2) is 59.5 Å². The second kappa shape index (κ2) is 18.1. The molecule has 0 aromatic heterocycles. The lowest BCUT2D eigenvalue weighted by atomic mass is 10.1. The summed E-state index contributed by atoms with van der Waals surface area (Å²) < 4.78 is 36.8. The number of aliphatic carboxylic acids is 1. The Morgan fingerprint density at radius 1 is 0.975 bits per heavy atom. The number of ether oxygens (including phenoxy) is 1. The summed E-state index contributed by atoms with van der Waals surface area (Å²) in [4.78, 5) is 49.7. The van der Waals surface area contributed by atoms with Gasteiger partial charge in [-0.3, -0.25) is 14.6 Å². The number of rotatable bonds is 12. The molecule has 1 atom stereocenters. The van der Waals surface area contributed by atoms with Crippen LogP contribution < -0.4 is 22.1 Å². The topological polar surface area (TPSA) is 186 Å². The second-order valence-corrected chi connectivity index (χ2v) is 8.86. The van der Waals surface area contributed by atoms with Crippen LogP contribution >= 0.6 is 11.8 Å². The Morgan fingerprint density at radius 3 is 2.05 bits per heavy atom. The van der Waals surface area contributed by atoms with Crippen LogP contribution in [-0.2, 0) is 31.5 Å². The molecule has 218 valence electrons. The Kier molecular flexibility index (Phi) is 15.3. The van der Waals surface area contributed by atoms with Gasteiger partial charge < -0.3 is 31.9 Å². The van der Waals surface area contributed by atoms with E-state index in [0.29, 0.717) is 25.1 Å². The third kappa shape index (κ3) is 15.9. The van der Waals surface area contributed by atoms with Gasteiger partial charge >= 0.3 is 18.2 Å². The highest BCUT2D eigenvalue weighted by molar-refractivity contribution is 8.13. The minimum atomic E-state index is -5.08. The molecule has 0 saturated carbocycles. The highest BCUT2D eigenvalue weighted by Crippen LogP contribution is 2.17. The number of alkyl carbamates (subject to hydrolysis) is 1. The number of guanidine groups is 1. The molecular formula is C25H30F3N5O6S. The average Bonchev–Trinajstić information content (AvgIpc) is 2.92. The van der Waals surface area contributed by atoms with Crippen LogP contribution in [0.2, 0.25) is 0 Å². The Hall–Kier alpha value is -4.27. The molecule has 0 aliphatic rings. The van der Waals surface area contributed by atoms with Gasteiger partial charge in [0.15, 0.2) is 5.96 Å². The van der Waals surface area contributed by atoms with Gasteiger partial charge in [-0.25, -0.2) is 9.59 Å². The zero-order chi connectivity index (χ0) is 30.0. The summed E-state index contributed by atoms with van der Waals surface area (Å²) in [5.41, 5.74) is 12.5. The summed E-state index contributed by atoms with van der Waals surface area (Å²) in [7, 11) is 0. The fourth-order valence-corrected chi connectivity index (χ4v) is 3.63. The maximum absolute atomic E-state index is 12.7. The first kappa shape index (κ1) is 33.8. The number of carbonyl (C=O) groups excluding carboxylic acids is 3. The van der Waals surface area contributed by atoms with Crippen molar-refractivity contribution in [1.29, 1.82) is 0 Å². The number of nitrogens with two attached hydrogens (primary N) is 2. The van der Waals surface area contributed by atoms with Gasteiger partial charge in [0, 0.05) is 12.3 Å². The molecule has 0 fully saturated rings. The fraction of sp³-hybridized carbons (Fsp3) is 0.320. The van der Waals surface area contributed by atoms with Crippen LogP contribution in [0.3, 0.4) is 0 Å². The third-order valence-electron chi connectivity index (χ3n) is 4.64. The Balaban J connectivity index is 0.00000101. The number of carbonyl (C=O) groups is 4. The SMILES string of the molecule is NC(N)=NCCC[C@H](NC(=O)CNC(=O)OCc1ccccc1)C(=O)SCc1ccccc1.O=C(O)C(F)(F)F. The molecule has 2 aromatic rings. The molecule has 2 amide bonds. The average molecular weight is 586 g/mol. The van der Waals surface area contributed by atoms with Gasteiger partial charge in [0.25, 0.3) is 0 Å². The van der Waals surface area contributed by atoms with Gasteiger partial charge in [0.2, 0.25) is 11.0 Å². The van der Waals surface area contributed by atoms with Crippen molar-refractivity contribution in [2.24, 2.45) is 16.5 Å². The molecule has 0 bridgehead atoms. The number of nitrogens with zero attached hydrogens (tertiary/aromatic N) is 1. The second-order valence-electron chi connectivity index (χ2n) is 7.88. The van der Waals surface area contributed by atoms with Gasteiger partial charge in [-0.15, -0.1) is 0 Å². The number of carboxylic acid groups (broad SMARTS) is 1. The quantitative estimate of drug-likeness (QED) is 0.142. The lowest BCUT2D eigenvalue weighted by Crippen LogP contribution is -2.45. The summed E-state index contributed by atoms with van der Waals surface area (Å²) >= 11 is 1.12. The standard InChI is InChI=1S/C23H29N5O4S.C2HF3O2/c24-22(25)26-13-7-12-19(21(30)33-16-18-10-5-2-6-11-18)28-20(29)14-27-23(31)32-15-17-8-3-1-4-9-17;3-2(4,5)1(6)7/h1-6,8-11,19H,7,12-16H2,(H,27,31)(H,28,29)(H4,24,25,26);(H,6,7)/t19-;/m0./s1. The number of hydrogen-bond acceptors (Lipinski definition) is 7. The number of halogens is 3. The van der Waals surface area contributed by atoms with Gasteiger partial charge in [-0.1, -0.05) is 72.4 Å². The van der Waals surface area contributed by atoms with E-state index in [4.69, 9.17) is 26.1 Å². The number of alkyl halides is 3. The molecule has 0 saturated heterocycles. The number of benzene rings is 2. The van der Waals surface area contributed by atoms with Gasteiger partial charge in [0.1, 0.15) is 13.2 Å². The van der Waals surface area contributed by atoms with E-state index in [0.717, 1.165) is 22.9 Å². The van der Waals surface area contributed by atoms with Crippen molar-refractivity contribution in [3.8, 4) is 0 Å². The van der Waals surface area contributed by atoms with Crippen LogP contribution in [0.5, 0.6) is 0 Å². The smallest absolute Gasteiger partial charge is 0.475 e. The van der Waals surface area contributed by atoms with Crippen molar-refractivity contribution in [1.82, 2.24) is 10.6 Å². The first-order valence-electron chi connectivity index (χ1n) is 11.7. The molecule has 0 aliphatic heterocycles. The van der Waals surface area contributed by atoms with Gasteiger partial charge in [0.05, 0.1) is 6.04 Å². The highest BCUT2D eigenvalue weighted by atomic mass is 32.2. The van der Waals surface area contributed by atoms with Crippen molar-refractivity contribution in [2.75, 3.05) is 13.1 Å². The van der Waals surface area contributed by atoms with Crippen LogP contribution in [0.4, 0.5) is 18.0 Å². The molecule has 0 unspecified atom stereocenters. The summed E-state index contributed by atoms with van der Waals surface area (Å²) in [6.45, 7) is 0.125. The predicted molar refractivity (Wildman–Crippen MR) is 143 cm³/mol. The predicted octanol–water partition coefficient (Wildman–Crippen LogP) is 2.54. The Labute approximate surface area is 232 Å². The molecule has 11 nitrogen and oxygen atoms in total.